The van der Waals surface area contributed by atoms with Gasteiger partial charge in [0.1, 0.15) is 11.6 Å². The summed E-state index contributed by atoms with van der Waals surface area (Å²) in [6.45, 7) is 5.50. The Bertz CT molecular complexity index is 1160. The van der Waals surface area contributed by atoms with Crippen LogP contribution in [0, 0.1) is 5.82 Å². The molecule has 2 heterocycles. The number of nitrogens with zero attached hydrogens (tertiary/aromatic N) is 4. The zero-order chi connectivity index (χ0) is 23.2. The summed E-state index contributed by atoms with van der Waals surface area (Å²) in [7, 11) is 0. The molecule has 0 fully saturated rings. The van der Waals surface area contributed by atoms with Crippen molar-refractivity contribution in [1.29, 1.82) is 0 Å². The third-order valence-corrected chi connectivity index (χ3v) is 6.31. The van der Waals surface area contributed by atoms with Crippen LogP contribution < -0.4 is 5.32 Å². The number of thioether (sulfide) groups is 1. The lowest BCUT2D eigenvalue weighted by Gasteiger charge is -2.28. The maximum absolute atomic E-state index is 13.1. The highest BCUT2D eigenvalue weighted by Gasteiger charge is 2.22. The second-order valence-electron chi connectivity index (χ2n) is 7.65. The lowest BCUT2D eigenvalue weighted by atomic mass is 10.00. The number of hydrogen-bond acceptors (Lipinski definition) is 5. The number of carbonyl (C=O) groups excluding carboxylic acids is 2. The summed E-state index contributed by atoms with van der Waals surface area (Å²) < 4.78 is 14.8. The smallest absolute Gasteiger partial charge is 0.233 e. The summed E-state index contributed by atoms with van der Waals surface area (Å²) in [5.74, 6) is 0.0800. The van der Waals surface area contributed by atoms with Crippen LogP contribution >= 0.6 is 11.8 Å². The van der Waals surface area contributed by atoms with Gasteiger partial charge in [-0.05, 0) is 41.8 Å². The maximum atomic E-state index is 13.1. The van der Waals surface area contributed by atoms with Gasteiger partial charge >= 0.3 is 0 Å². The Hall–Kier alpha value is -3.46. The number of fused-ring (bicyclic) bond motifs is 1. The van der Waals surface area contributed by atoms with E-state index in [2.05, 4.69) is 34.2 Å². The molecule has 0 unspecified atom stereocenters. The Labute approximate surface area is 195 Å². The Kier molecular flexibility index (Phi) is 7.19. The molecule has 0 spiro atoms. The van der Waals surface area contributed by atoms with Gasteiger partial charge in [0, 0.05) is 25.3 Å². The van der Waals surface area contributed by atoms with Gasteiger partial charge in [0.05, 0.1) is 12.2 Å². The molecule has 170 valence electrons. The van der Waals surface area contributed by atoms with Gasteiger partial charge in [-0.3, -0.25) is 9.59 Å². The first-order valence-electron chi connectivity index (χ1n) is 10.6. The number of carbonyl (C=O) groups is 2. The predicted octanol–water partition coefficient (Wildman–Crippen LogP) is 3.46. The van der Waals surface area contributed by atoms with Gasteiger partial charge < -0.3 is 14.8 Å². The van der Waals surface area contributed by atoms with E-state index in [1.165, 1.54) is 47.2 Å². The molecule has 0 saturated heterocycles. The zero-order valence-corrected chi connectivity index (χ0v) is 18.9. The Balaban J connectivity index is 1.37. The largest absolute Gasteiger partial charge is 0.337 e. The van der Waals surface area contributed by atoms with Gasteiger partial charge in [0.15, 0.2) is 5.16 Å². The molecule has 0 aliphatic carbocycles. The number of halogens is 1. The molecule has 4 rings (SSSR count). The van der Waals surface area contributed by atoms with E-state index in [0.717, 1.165) is 6.42 Å². The number of rotatable bonds is 8. The number of hydrogen-bond donors (Lipinski definition) is 1. The number of benzene rings is 2. The van der Waals surface area contributed by atoms with Crippen LogP contribution in [0.5, 0.6) is 0 Å². The fraction of sp³-hybridized carbons (Fsp3) is 0.250. The minimum Gasteiger partial charge on any atom is -0.337 e. The average molecular weight is 466 g/mol. The van der Waals surface area contributed by atoms with Crippen molar-refractivity contribution in [1.82, 2.24) is 19.7 Å². The van der Waals surface area contributed by atoms with Gasteiger partial charge in [-0.25, -0.2) is 4.39 Å². The highest BCUT2D eigenvalue weighted by atomic mass is 32.2. The lowest BCUT2D eigenvalue weighted by molar-refractivity contribution is -0.129. The van der Waals surface area contributed by atoms with Crippen LogP contribution in [0.4, 0.5) is 10.1 Å². The molecule has 9 heteroatoms. The molecule has 33 heavy (non-hydrogen) atoms. The molecule has 7 nitrogen and oxygen atoms in total. The zero-order valence-electron chi connectivity index (χ0n) is 18.0. The van der Waals surface area contributed by atoms with Crippen molar-refractivity contribution < 1.29 is 14.0 Å². The van der Waals surface area contributed by atoms with Crippen LogP contribution in [0.15, 0.2) is 66.3 Å². The van der Waals surface area contributed by atoms with Gasteiger partial charge in [0.2, 0.25) is 11.8 Å². The Morgan fingerprint density at radius 2 is 1.88 bits per heavy atom. The van der Waals surface area contributed by atoms with Crippen molar-refractivity contribution in [3.63, 3.8) is 0 Å². The molecule has 0 saturated carbocycles. The van der Waals surface area contributed by atoms with Crippen molar-refractivity contribution in [3.8, 4) is 0 Å². The molecule has 1 aliphatic rings. The standard InChI is InChI=1S/C24H24FN5O2S/c1-2-12-30-21(14-22(31)26-20-9-7-19(25)8-10-20)27-28-24(30)33-16-23(32)29-13-11-17-5-3-4-6-18(17)15-29/h2-10H,1,11-16H2,(H,26,31). The molecule has 3 aromatic rings. The van der Waals surface area contributed by atoms with E-state index < -0.39 is 0 Å². The Morgan fingerprint density at radius 3 is 2.64 bits per heavy atom. The highest BCUT2D eigenvalue weighted by Crippen LogP contribution is 2.22. The van der Waals surface area contributed by atoms with Gasteiger partial charge in [0.25, 0.3) is 0 Å². The third kappa shape index (κ3) is 5.67. The molecule has 1 aliphatic heterocycles. The topological polar surface area (TPSA) is 80.1 Å². The molecule has 0 atom stereocenters. The van der Waals surface area contributed by atoms with Crippen molar-refractivity contribution in [2.24, 2.45) is 0 Å². The summed E-state index contributed by atoms with van der Waals surface area (Å²) in [4.78, 5) is 27.1. The maximum Gasteiger partial charge on any atom is 0.233 e. The number of allylic oxidation sites excluding steroid dienone is 1. The molecule has 2 aromatic carbocycles. The quantitative estimate of drug-likeness (QED) is 0.407. The number of anilines is 1. The Morgan fingerprint density at radius 1 is 1.12 bits per heavy atom. The van der Waals surface area contributed by atoms with Crippen molar-refractivity contribution in [2.75, 3.05) is 17.6 Å². The van der Waals surface area contributed by atoms with E-state index >= 15 is 0 Å². The normalized spacial score (nSPS) is 12.8. The van der Waals surface area contributed by atoms with E-state index in [1.54, 1.807) is 10.6 Å². The van der Waals surface area contributed by atoms with Gasteiger partial charge in [-0.15, -0.1) is 16.8 Å². The van der Waals surface area contributed by atoms with Crippen molar-refractivity contribution in [2.45, 2.75) is 31.1 Å². The molecule has 1 N–H and O–H groups in total. The average Bonchev–Trinajstić information content (AvgIpc) is 3.19. The first kappa shape index (κ1) is 22.7. The van der Waals surface area contributed by atoms with Crippen LogP contribution in [0.1, 0.15) is 17.0 Å². The molecule has 2 amide bonds. The van der Waals surface area contributed by atoms with E-state index in [0.29, 0.717) is 36.3 Å². The van der Waals surface area contributed by atoms with Crippen LogP contribution in [0.3, 0.4) is 0 Å². The summed E-state index contributed by atoms with van der Waals surface area (Å²) in [5.41, 5.74) is 2.98. The van der Waals surface area contributed by atoms with Crippen LogP contribution in [0.25, 0.3) is 0 Å². The summed E-state index contributed by atoms with van der Waals surface area (Å²) in [5, 5.41) is 11.6. The second-order valence-corrected chi connectivity index (χ2v) is 8.60. The van der Waals surface area contributed by atoms with Gasteiger partial charge in [-0.1, -0.05) is 42.1 Å². The van der Waals surface area contributed by atoms with Crippen LogP contribution in [-0.2, 0) is 35.5 Å². The molecular weight excluding hydrogens is 441 g/mol. The van der Waals surface area contributed by atoms with E-state index in [-0.39, 0.29) is 29.8 Å². The number of nitrogens with one attached hydrogen (secondary N) is 1. The minimum absolute atomic E-state index is 0.00433. The fourth-order valence-electron chi connectivity index (χ4n) is 3.68. The lowest BCUT2D eigenvalue weighted by Crippen LogP contribution is -2.37. The first-order valence-corrected chi connectivity index (χ1v) is 11.6. The summed E-state index contributed by atoms with van der Waals surface area (Å²) in [6.07, 6.45) is 2.54. The molecular formula is C24H24FN5O2S. The summed E-state index contributed by atoms with van der Waals surface area (Å²) in [6, 6.07) is 13.7. The molecule has 0 radical (unpaired) electrons. The monoisotopic (exact) mass is 465 g/mol. The SMILES string of the molecule is C=CCn1c(CC(=O)Nc2ccc(F)cc2)nnc1SCC(=O)N1CCc2ccccc2C1. The molecule has 0 bridgehead atoms. The van der Waals surface area contributed by atoms with E-state index in [4.69, 9.17) is 0 Å². The van der Waals surface area contributed by atoms with E-state index in [1.807, 2.05) is 17.0 Å². The summed E-state index contributed by atoms with van der Waals surface area (Å²) >= 11 is 1.30. The van der Waals surface area contributed by atoms with Gasteiger partial charge in [-0.2, -0.15) is 0 Å². The number of amides is 2. The fourth-order valence-corrected chi connectivity index (χ4v) is 4.55. The van der Waals surface area contributed by atoms with Crippen molar-refractivity contribution in [3.05, 3.63) is 84.0 Å². The van der Waals surface area contributed by atoms with Crippen LogP contribution in [0.2, 0.25) is 0 Å². The number of aromatic nitrogens is 3. The van der Waals surface area contributed by atoms with Crippen molar-refractivity contribution >= 4 is 29.3 Å². The first-order chi connectivity index (χ1) is 16.0. The highest BCUT2D eigenvalue weighted by molar-refractivity contribution is 7.99. The van der Waals surface area contributed by atoms with Crippen LogP contribution in [-0.4, -0.2) is 43.8 Å². The third-order valence-electron chi connectivity index (χ3n) is 5.36. The predicted molar refractivity (Wildman–Crippen MR) is 125 cm³/mol. The van der Waals surface area contributed by atoms with E-state index in [9.17, 15) is 14.0 Å². The minimum atomic E-state index is -0.372. The second kappa shape index (κ2) is 10.4. The molecule has 1 aromatic heterocycles.